The Hall–Kier alpha value is -1.59. The van der Waals surface area contributed by atoms with Crippen LogP contribution in [0.25, 0.3) is 0 Å². The molecular formula is C11H17N3O3. The normalized spacial score (nSPS) is 20.6. The van der Waals surface area contributed by atoms with E-state index in [9.17, 15) is 4.79 Å². The minimum atomic E-state index is -0.459. The number of likely N-dealkylation sites (tertiary alicyclic amines) is 1. The SMILES string of the molecule is CC(C)(C)OC(=O)N1CCC(c2nnco2)C1. The Balaban J connectivity index is 1.92. The van der Waals surface area contributed by atoms with Crippen LogP contribution in [0, 0.1) is 0 Å². The molecule has 6 heteroatoms. The van der Waals surface area contributed by atoms with E-state index in [2.05, 4.69) is 10.2 Å². The van der Waals surface area contributed by atoms with E-state index in [1.54, 1.807) is 4.90 Å². The van der Waals surface area contributed by atoms with Crippen LogP contribution in [0.2, 0.25) is 0 Å². The number of amides is 1. The van der Waals surface area contributed by atoms with Crippen LogP contribution in [-0.4, -0.2) is 39.9 Å². The summed E-state index contributed by atoms with van der Waals surface area (Å²) in [6, 6.07) is 0. The highest BCUT2D eigenvalue weighted by molar-refractivity contribution is 5.68. The van der Waals surface area contributed by atoms with Gasteiger partial charge >= 0.3 is 6.09 Å². The summed E-state index contributed by atoms with van der Waals surface area (Å²) >= 11 is 0. The summed E-state index contributed by atoms with van der Waals surface area (Å²) in [5, 5.41) is 7.52. The second-order valence-corrected chi connectivity index (χ2v) is 5.19. The molecule has 1 fully saturated rings. The quantitative estimate of drug-likeness (QED) is 0.747. The van der Waals surface area contributed by atoms with Crippen molar-refractivity contribution in [3.8, 4) is 0 Å². The number of carbonyl (C=O) groups excluding carboxylic acids is 1. The number of rotatable bonds is 1. The molecule has 1 aromatic rings. The van der Waals surface area contributed by atoms with Crippen molar-refractivity contribution >= 4 is 6.09 Å². The van der Waals surface area contributed by atoms with Crippen LogP contribution in [0.1, 0.15) is 39.0 Å². The van der Waals surface area contributed by atoms with Crippen molar-refractivity contribution in [3.63, 3.8) is 0 Å². The lowest BCUT2D eigenvalue weighted by Crippen LogP contribution is -2.35. The van der Waals surface area contributed by atoms with Gasteiger partial charge in [0.1, 0.15) is 5.60 Å². The molecule has 1 aromatic heterocycles. The fourth-order valence-electron chi connectivity index (χ4n) is 1.81. The Morgan fingerprint density at radius 2 is 2.35 bits per heavy atom. The lowest BCUT2D eigenvalue weighted by atomic mass is 10.1. The predicted octanol–water partition coefficient (Wildman–Crippen LogP) is 1.79. The second kappa shape index (κ2) is 4.35. The van der Waals surface area contributed by atoms with E-state index >= 15 is 0 Å². The number of hydrogen-bond acceptors (Lipinski definition) is 5. The predicted molar refractivity (Wildman–Crippen MR) is 59.5 cm³/mol. The third-order valence-electron chi connectivity index (χ3n) is 2.57. The Morgan fingerprint density at radius 1 is 1.59 bits per heavy atom. The number of ether oxygens (including phenoxy) is 1. The molecule has 0 aliphatic carbocycles. The first-order valence-corrected chi connectivity index (χ1v) is 5.70. The van der Waals surface area contributed by atoms with Crippen molar-refractivity contribution in [2.24, 2.45) is 0 Å². The Bertz CT molecular complexity index is 383. The van der Waals surface area contributed by atoms with E-state index < -0.39 is 5.60 Å². The standard InChI is InChI=1S/C11H17N3O3/c1-11(2,3)17-10(15)14-5-4-8(6-14)9-13-12-7-16-9/h7-8H,4-6H2,1-3H3. The van der Waals surface area contributed by atoms with Crippen LogP contribution in [0.5, 0.6) is 0 Å². The highest BCUT2D eigenvalue weighted by Gasteiger charge is 2.32. The highest BCUT2D eigenvalue weighted by atomic mass is 16.6. The average Bonchev–Trinajstić information content (AvgIpc) is 2.86. The van der Waals surface area contributed by atoms with Crippen molar-refractivity contribution < 1.29 is 13.9 Å². The van der Waals surface area contributed by atoms with Crippen LogP contribution in [0.4, 0.5) is 4.79 Å². The molecule has 0 radical (unpaired) electrons. The molecule has 1 atom stereocenters. The third-order valence-corrected chi connectivity index (χ3v) is 2.57. The molecule has 0 saturated carbocycles. The van der Waals surface area contributed by atoms with Crippen LogP contribution < -0.4 is 0 Å². The molecule has 1 amide bonds. The van der Waals surface area contributed by atoms with Gasteiger partial charge in [0.05, 0.1) is 5.92 Å². The van der Waals surface area contributed by atoms with Gasteiger partial charge in [-0.05, 0) is 27.2 Å². The van der Waals surface area contributed by atoms with Crippen molar-refractivity contribution in [3.05, 3.63) is 12.3 Å². The molecule has 94 valence electrons. The molecule has 0 N–H and O–H groups in total. The van der Waals surface area contributed by atoms with Gasteiger partial charge in [-0.2, -0.15) is 0 Å². The average molecular weight is 239 g/mol. The molecular weight excluding hydrogens is 222 g/mol. The second-order valence-electron chi connectivity index (χ2n) is 5.19. The molecule has 1 aliphatic heterocycles. The van der Waals surface area contributed by atoms with E-state index in [1.165, 1.54) is 6.39 Å². The first-order valence-electron chi connectivity index (χ1n) is 5.70. The zero-order chi connectivity index (χ0) is 12.5. The first-order chi connectivity index (χ1) is 7.96. The molecule has 2 rings (SSSR count). The zero-order valence-corrected chi connectivity index (χ0v) is 10.3. The maximum absolute atomic E-state index is 11.8. The molecule has 17 heavy (non-hydrogen) atoms. The van der Waals surface area contributed by atoms with Gasteiger partial charge < -0.3 is 14.1 Å². The van der Waals surface area contributed by atoms with E-state index in [-0.39, 0.29) is 12.0 Å². The maximum atomic E-state index is 11.8. The van der Waals surface area contributed by atoms with Gasteiger partial charge in [-0.15, -0.1) is 10.2 Å². The lowest BCUT2D eigenvalue weighted by Gasteiger charge is -2.24. The van der Waals surface area contributed by atoms with Crippen LogP contribution in [-0.2, 0) is 4.74 Å². The largest absolute Gasteiger partial charge is 0.444 e. The lowest BCUT2D eigenvalue weighted by molar-refractivity contribution is 0.0291. The van der Waals surface area contributed by atoms with Crippen molar-refractivity contribution in [2.45, 2.75) is 38.7 Å². The molecule has 1 unspecified atom stereocenters. The number of nitrogens with zero attached hydrogens (tertiary/aromatic N) is 3. The zero-order valence-electron chi connectivity index (χ0n) is 10.3. The fraction of sp³-hybridized carbons (Fsp3) is 0.727. The minimum Gasteiger partial charge on any atom is -0.444 e. The smallest absolute Gasteiger partial charge is 0.410 e. The highest BCUT2D eigenvalue weighted by Crippen LogP contribution is 2.26. The molecule has 1 aliphatic rings. The maximum Gasteiger partial charge on any atom is 0.410 e. The summed E-state index contributed by atoms with van der Waals surface area (Å²) in [5.74, 6) is 0.723. The van der Waals surface area contributed by atoms with Gasteiger partial charge in [-0.3, -0.25) is 0 Å². The molecule has 0 spiro atoms. The molecule has 1 saturated heterocycles. The molecule has 0 bridgehead atoms. The van der Waals surface area contributed by atoms with E-state index in [0.717, 1.165) is 6.42 Å². The monoisotopic (exact) mass is 239 g/mol. The van der Waals surface area contributed by atoms with Crippen molar-refractivity contribution in [1.29, 1.82) is 0 Å². The minimum absolute atomic E-state index is 0.130. The van der Waals surface area contributed by atoms with Crippen LogP contribution >= 0.6 is 0 Å². The Morgan fingerprint density at radius 3 is 2.94 bits per heavy atom. The van der Waals surface area contributed by atoms with Crippen molar-refractivity contribution in [2.75, 3.05) is 13.1 Å². The Labute approximate surface area is 99.9 Å². The van der Waals surface area contributed by atoms with Gasteiger partial charge in [0.25, 0.3) is 0 Å². The van der Waals surface area contributed by atoms with E-state index in [1.807, 2.05) is 20.8 Å². The van der Waals surface area contributed by atoms with Gasteiger partial charge in [-0.1, -0.05) is 0 Å². The van der Waals surface area contributed by atoms with Crippen LogP contribution in [0.3, 0.4) is 0 Å². The number of hydrogen-bond donors (Lipinski definition) is 0. The molecule has 6 nitrogen and oxygen atoms in total. The fourth-order valence-corrected chi connectivity index (χ4v) is 1.81. The molecule has 0 aromatic carbocycles. The first kappa shape index (κ1) is 11.9. The number of aromatic nitrogens is 2. The summed E-state index contributed by atoms with van der Waals surface area (Å²) in [7, 11) is 0. The number of carbonyl (C=O) groups is 1. The van der Waals surface area contributed by atoms with E-state index in [4.69, 9.17) is 9.15 Å². The van der Waals surface area contributed by atoms with Gasteiger partial charge in [-0.25, -0.2) is 4.79 Å². The third kappa shape index (κ3) is 2.95. The van der Waals surface area contributed by atoms with Crippen LogP contribution in [0.15, 0.2) is 10.8 Å². The summed E-state index contributed by atoms with van der Waals surface area (Å²) in [5.41, 5.74) is -0.459. The Kier molecular flexibility index (Phi) is 3.04. The topological polar surface area (TPSA) is 68.5 Å². The van der Waals surface area contributed by atoms with Gasteiger partial charge in [0.2, 0.25) is 12.3 Å². The summed E-state index contributed by atoms with van der Waals surface area (Å²) in [6.07, 6.45) is 1.87. The van der Waals surface area contributed by atoms with Gasteiger partial charge in [0, 0.05) is 13.1 Å². The van der Waals surface area contributed by atoms with Crippen molar-refractivity contribution in [1.82, 2.24) is 15.1 Å². The van der Waals surface area contributed by atoms with Gasteiger partial charge in [0.15, 0.2) is 0 Å². The summed E-state index contributed by atoms with van der Waals surface area (Å²) < 4.78 is 10.5. The van der Waals surface area contributed by atoms with E-state index in [0.29, 0.717) is 19.0 Å². The molecule has 2 heterocycles. The summed E-state index contributed by atoms with van der Waals surface area (Å²) in [6.45, 7) is 6.82. The summed E-state index contributed by atoms with van der Waals surface area (Å²) in [4.78, 5) is 13.5.